The number of aromatic nitrogens is 3. The molecule has 0 bridgehead atoms. The van der Waals surface area contributed by atoms with Crippen LogP contribution in [0.15, 0.2) is 42.5 Å². The number of nitrogens with zero attached hydrogens (tertiary/aromatic N) is 5. The molecule has 1 heterocycles. The number of hydrogen-bond donors (Lipinski definition) is 2. The molecule has 214 valence electrons. The van der Waals surface area contributed by atoms with E-state index in [1.807, 2.05) is 0 Å². The Balaban J connectivity index is 2.23. The van der Waals surface area contributed by atoms with Gasteiger partial charge < -0.3 is 15.7 Å². The van der Waals surface area contributed by atoms with E-state index >= 15 is 0 Å². The van der Waals surface area contributed by atoms with Crippen LogP contribution in [0, 0.1) is 28.4 Å². The van der Waals surface area contributed by atoms with E-state index in [-0.39, 0.29) is 36.7 Å². The standard InChI is InChI=1S/C28H32F4N6O2/c1-16(39)27(40)37(11-10-22(34)24(31)32)23(28(2,3)4)26-35-25(20-13-19(29)8-9-21(20)30)36-38(26)15-18-7-5-6-17(12-18)14-33/h5-9,12-13,16,22-24,39H,10-11,15,34H2,1-4H3/t16-,22+,23-/m0/s1. The molecule has 1 amide bonds. The fraction of sp³-hybridized carbons (Fsp3) is 0.429. The van der Waals surface area contributed by atoms with Crippen molar-refractivity contribution in [1.82, 2.24) is 19.7 Å². The lowest BCUT2D eigenvalue weighted by Gasteiger charge is -2.40. The zero-order chi connectivity index (χ0) is 29.8. The molecule has 12 heteroatoms. The van der Waals surface area contributed by atoms with Crippen LogP contribution in [-0.4, -0.2) is 55.8 Å². The van der Waals surface area contributed by atoms with Gasteiger partial charge in [0.05, 0.1) is 35.8 Å². The topological polar surface area (TPSA) is 121 Å². The first-order valence-corrected chi connectivity index (χ1v) is 12.6. The summed E-state index contributed by atoms with van der Waals surface area (Å²) in [5, 5.41) is 24.0. The maximum absolute atomic E-state index is 14.8. The van der Waals surface area contributed by atoms with Crippen LogP contribution in [-0.2, 0) is 11.3 Å². The van der Waals surface area contributed by atoms with E-state index < -0.39 is 47.6 Å². The first-order valence-electron chi connectivity index (χ1n) is 12.6. The van der Waals surface area contributed by atoms with Crippen molar-refractivity contribution in [1.29, 1.82) is 5.26 Å². The van der Waals surface area contributed by atoms with Crippen LogP contribution in [0.2, 0.25) is 0 Å². The fourth-order valence-electron chi connectivity index (χ4n) is 4.38. The normalized spacial score (nSPS) is 14.1. The Hall–Kier alpha value is -3.82. The molecule has 3 aromatic rings. The number of alkyl halides is 2. The number of benzene rings is 2. The van der Waals surface area contributed by atoms with Crippen LogP contribution in [0.25, 0.3) is 11.4 Å². The summed E-state index contributed by atoms with van der Waals surface area (Å²) in [6.45, 7) is 6.40. The van der Waals surface area contributed by atoms with Crippen LogP contribution in [0.1, 0.15) is 57.1 Å². The van der Waals surface area contributed by atoms with Gasteiger partial charge in [-0.1, -0.05) is 32.9 Å². The van der Waals surface area contributed by atoms with Gasteiger partial charge in [-0.05, 0) is 54.7 Å². The lowest BCUT2D eigenvalue weighted by atomic mass is 9.84. The molecule has 0 radical (unpaired) electrons. The summed E-state index contributed by atoms with van der Waals surface area (Å²) in [6.07, 6.45) is -4.57. The second kappa shape index (κ2) is 12.6. The van der Waals surface area contributed by atoms with E-state index in [9.17, 15) is 32.7 Å². The molecule has 0 aliphatic heterocycles. The summed E-state index contributed by atoms with van der Waals surface area (Å²) in [4.78, 5) is 19.0. The third kappa shape index (κ3) is 7.22. The van der Waals surface area contributed by atoms with Crippen molar-refractivity contribution in [2.24, 2.45) is 11.1 Å². The molecular formula is C28H32F4N6O2. The molecule has 0 aliphatic carbocycles. The predicted molar refractivity (Wildman–Crippen MR) is 140 cm³/mol. The van der Waals surface area contributed by atoms with Gasteiger partial charge in [-0.25, -0.2) is 27.2 Å². The molecule has 0 aliphatic rings. The second-order valence-electron chi connectivity index (χ2n) is 10.7. The first kappa shape index (κ1) is 30.7. The SMILES string of the molecule is C[C@H](O)C(=O)N(CC[C@@H](N)C(F)F)[C@@H](c1nc(-c2cc(F)ccc2F)nn1Cc1cccc(C#N)c1)C(C)(C)C. The van der Waals surface area contributed by atoms with Crippen LogP contribution in [0.4, 0.5) is 17.6 Å². The Labute approximate surface area is 230 Å². The maximum Gasteiger partial charge on any atom is 0.253 e. The molecule has 3 atom stereocenters. The van der Waals surface area contributed by atoms with Gasteiger partial charge in [-0.2, -0.15) is 10.4 Å². The average molecular weight is 561 g/mol. The van der Waals surface area contributed by atoms with Crippen LogP contribution in [0.3, 0.4) is 0 Å². The monoisotopic (exact) mass is 560 g/mol. The lowest BCUT2D eigenvalue weighted by Crippen LogP contribution is -2.48. The van der Waals surface area contributed by atoms with Crippen molar-refractivity contribution in [3.8, 4) is 17.5 Å². The van der Waals surface area contributed by atoms with E-state index in [1.54, 1.807) is 45.0 Å². The van der Waals surface area contributed by atoms with Gasteiger partial charge in [0.25, 0.3) is 12.3 Å². The van der Waals surface area contributed by atoms with Gasteiger partial charge in [0.15, 0.2) is 11.6 Å². The fourth-order valence-corrected chi connectivity index (χ4v) is 4.38. The van der Waals surface area contributed by atoms with Crippen molar-refractivity contribution >= 4 is 5.91 Å². The minimum absolute atomic E-state index is 0.0363. The van der Waals surface area contributed by atoms with Gasteiger partial charge in [-0.15, -0.1) is 0 Å². The van der Waals surface area contributed by atoms with Crippen molar-refractivity contribution in [3.63, 3.8) is 0 Å². The number of amides is 1. The van der Waals surface area contributed by atoms with Crippen LogP contribution in [0.5, 0.6) is 0 Å². The van der Waals surface area contributed by atoms with Gasteiger partial charge in [0, 0.05) is 6.54 Å². The van der Waals surface area contributed by atoms with E-state index in [4.69, 9.17) is 5.73 Å². The van der Waals surface area contributed by atoms with E-state index in [1.165, 1.54) is 16.5 Å². The first-order chi connectivity index (χ1) is 18.7. The van der Waals surface area contributed by atoms with E-state index in [0.29, 0.717) is 11.1 Å². The highest BCUT2D eigenvalue weighted by Crippen LogP contribution is 2.39. The summed E-state index contributed by atoms with van der Waals surface area (Å²) in [6, 6.07) is 9.07. The maximum atomic E-state index is 14.8. The smallest absolute Gasteiger partial charge is 0.253 e. The predicted octanol–water partition coefficient (Wildman–Crippen LogP) is 4.42. The number of hydrogen-bond acceptors (Lipinski definition) is 6. The van der Waals surface area contributed by atoms with Gasteiger partial charge in [0.2, 0.25) is 0 Å². The van der Waals surface area contributed by atoms with Gasteiger partial charge in [-0.3, -0.25) is 4.79 Å². The number of aliphatic hydroxyl groups excluding tert-OH is 1. The Kier molecular flexibility index (Phi) is 9.65. The molecule has 0 fully saturated rings. The van der Waals surface area contributed by atoms with Crippen molar-refractivity contribution in [2.75, 3.05) is 6.54 Å². The molecule has 8 nitrogen and oxygen atoms in total. The summed E-state index contributed by atoms with van der Waals surface area (Å²) in [7, 11) is 0. The summed E-state index contributed by atoms with van der Waals surface area (Å²) < 4.78 is 56.7. The molecule has 1 aromatic heterocycles. The molecule has 0 saturated heterocycles. The van der Waals surface area contributed by atoms with Gasteiger partial charge >= 0.3 is 0 Å². The van der Waals surface area contributed by atoms with E-state index in [0.717, 1.165) is 18.2 Å². The Morgan fingerprint density at radius 2 is 1.90 bits per heavy atom. The zero-order valence-electron chi connectivity index (χ0n) is 22.7. The molecule has 0 unspecified atom stereocenters. The highest BCUT2D eigenvalue weighted by Gasteiger charge is 2.40. The van der Waals surface area contributed by atoms with Crippen LogP contribution >= 0.6 is 0 Å². The number of aliphatic hydroxyl groups is 1. The highest BCUT2D eigenvalue weighted by molar-refractivity contribution is 5.80. The van der Waals surface area contributed by atoms with Gasteiger partial charge in [0.1, 0.15) is 17.7 Å². The van der Waals surface area contributed by atoms with Crippen molar-refractivity contribution in [3.05, 3.63) is 71.1 Å². The molecule has 0 saturated carbocycles. The zero-order valence-corrected chi connectivity index (χ0v) is 22.7. The molecule has 3 rings (SSSR count). The third-order valence-corrected chi connectivity index (χ3v) is 6.30. The average Bonchev–Trinajstić information content (AvgIpc) is 3.28. The largest absolute Gasteiger partial charge is 0.384 e. The molecule has 2 aromatic carbocycles. The van der Waals surface area contributed by atoms with Crippen molar-refractivity contribution in [2.45, 2.75) is 65.3 Å². The van der Waals surface area contributed by atoms with E-state index in [2.05, 4.69) is 16.2 Å². The second-order valence-corrected chi connectivity index (χ2v) is 10.7. The Morgan fingerprint density at radius 3 is 2.50 bits per heavy atom. The molecule has 40 heavy (non-hydrogen) atoms. The molecule has 0 spiro atoms. The summed E-state index contributed by atoms with van der Waals surface area (Å²) in [5.74, 6) is -2.25. The number of carbonyl (C=O) groups is 1. The third-order valence-electron chi connectivity index (χ3n) is 6.30. The minimum atomic E-state index is -2.82. The number of rotatable bonds is 10. The number of nitrogens with two attached hydrogens (primary N) is 1. The number of nitriles is 1. The Bertz CT molecular complexity index is 1380. The summed E-state index contributed by atoms with van der Waals surface area (Å²) in [5.41, 5.74) is 5.57. The number of halogens is 4. The van der Waals surface area contributed by atoms with Crippen molar-refractivity contribution < 1.29 is 27.5 Å². The summed E-state index contributed by atoms with van der Waals surface area (Å²) >= 11 is 0. The molecule has 3 N–H and O–H groups in total. The lowest BCUT2D eigenvalue weighted by molar-refractivity contribution is -0.145. The minimum Gasteiger partial charge on any atom is -0.384 e. The molecular weight excluding hydrogens is 528 g/mol. The quantitative estimate of drug-likeness (QED) is 0.354. The van der Waals surface area contributed by atoms with Crippen LogP contribution < -0.4 is 5.73 Å². The Morgan fingerprint density at radius 1 is 1.20 bits per heavy atom. The number of carbonyl (C=O) groups excluding carboxylic acids is 1. The highest BCUT2D eigenvalue weighted by atomic mass is 19.3.